The minimum absolute atomic E-state index is 0.00519. The van der Waals surface area contributed by atoms with Gasteiger partial charge in [0.05, 0.1) is 5.52 Å². The summed E-state index contributed by atoms with van der Waals surface area (Å²) in [5, 5.41) is 0. The minimum atomic E-state index is -0.173. The van der Waals surface area contributed by atoms with Gasteiger partial charge in [-0.15, -0.1) is 0 Å². The van der Waals surface area contributed by atoms with Crippen LogP contribution < -0.4 is 5.69 Å². The fraction of sp³-hybridized carbons (Fsp3) is 0.409. The molecule has 3 heterocycles. The van der Waals surface area contributed by atoms with Gasteiger partial charge in [0, 0.05) is 31.2 Å². The van der Waals surface area contributed by atoms with Crippen molar-refractivity contribution >= 4 is 17.1 Å². The number of likely N-dealkylation sites (tertiary alicyclic amines) is 1. The molecular weight excluding hydrogens is 352 g/mol. The zero-order valence-electron chi connectivity index (χ0n) is 16.4. The largest absolute Gasteiger partial charge is 0.341 e. The van der Waals surface area contributed by atoms with Gasteiger partial charge in [0.1, 0.15) is 6.54 Å². The van der Waals surface area contributed by atoms with Crippen LogP contribution in [0, 0.1) is 0 Å². The van der Waals surface area contributed by atoms with Crippen molar-refractivity contribution < 1.29 is 4.79 Å². The van der Waals surface area contributed by atoms with Crippen LogP contribution in [0.4, 0.5) is 0 Å². The van der Waals surface area contributed by atoms with Crippen LogP contribution in [-0.2, 0) is 11.3 Å². The standard InChI is InChI=1S/C22H26N4O2/c1-16(2)26-21-19(11-6-12-23-21)25(22(26)28)15-20(27)24-13-7-10-18(14-24)17-8-4-3-5-9-17/h3-6,8-9,11-12,16,18H,7,10,13-15H2,1-2H3/t18-/m1/s1. The van der Waals surface area contributed by atoms with Crippen LogP contribution in [0.5, 0.6) is 0 Å². The molecule has 2 aromatic heterocycles. The first-order valence-electron chi connectivity index (χ1n) is 9.94. The summed E-state index contributed by atoms with van der Waals surface area (Å²) in [5.74, 6) is 0.351. The summed E-state index contributed by atoms with van der Waals surface area (Å²) in [4.78, 5) is 32.3. The molecule has 0 saturated carbocycles. The van der Waals surface area contributed by atoms with Crippen LogP contribution in [0.3, 0.4) is 0 Å². The Labute approximate surface area is 164 Å². The van der Waals surface area contributed by atoms with Crippen molar-refractivity contribution in [1.82, 2.24) is 19.0 Å². The molecule has 146 valence electrons. The maximum absolute atomic E-state index is 13.1. The molecule has 4 rings (SSSR count). The van der Waals surface area contributed by atoms with Crippen LogP contribution in [0.15, 0.2) is 53.5 Å². The summed E-state index contributed by atoms with van der Waals surface area (Å²) >= 11 is 0. The molecule has 0 aliphatic carbocycles. The van der Waals surface area contributed by atoms with Crippen molar-refractivity contribution in [2.45, 2.75) is 45.2 Å². The van der Waals surface area contributed by atoms with E-state index in [0.717, 1.165) is 19.4 Å². The number of fused-ring (bicyclic) bond motifs is 1. The molecule has 0 unspecified atom stereocenters. The number of carbonyl (C=O) groups excluding carboxylic acids is 1. The molecule has 1 atom stereocenters. The van der Waals surface area contributed by atoms with E-state index >= 15 is 0 Å². The smallest absolute Gasteiger partial charge is 0.331 e. The number of aromatic nitrogens is 3. The van der Waals surface area contributed by atoms with E-state index in [-0.39, 0.29) is 24.2 Å². The van der Waals surface area contributed by atoms with Crippen LogP contribution >= 0.6 is 0 Å². The lowest BCUT2D eigenvalue weighted by Crippen LogP contribution is -2.42. The summed E-state index contributed by atoms with van der Waals surface area (Å²) in [6, 6.07) is 14.0. The first kappa shape index (κ1) is 18.5. The van der Waals surface area contributed by atoms with Gasteiger partial charge in [-0.25, -0.2) is 9.78 Å². The Kier molecular flexibility index (Phi) is 5.03. The third-order valence-electron chi connectivity index (χ3n) is 5.58. The number of piperidine rings is 1. The summed E-state index contributed by atoms with van der Waals surface area (Å²) in [5.41, 5.74) is 2.45. The first-order valence-corrected chi connectivity index (χ1v) is 9.94. The van der Waals surface area contributed by atoms with Gasteiger partial charge in [-0.1, -0.05) is 30.3 Å². The van der Waals surface area contributed by atoms with Crippen molar-refractivity contribution in [3.63, 3.8) is 0 Å². The molecule has 0 spiro atoms. The van der Waals surface area contributed by atoms with E-state index in [0.29, 0.717) is 23.6 Å². The number of hydrogen-bond donors (Lipinski definition) is 0. The minimum Gasteiger partial charge on any atom is -0.341 e. The van der Waals surface area contributed by atoms with Crippen molar-refractivity contribution in [3.8, 4) is 0 Å². The maximum atomic E-state index is 13.1. The van der Waals surface area contributed by atoms with E-state index in [4.69, 9.17) is 0 Å². The normalized spacial score (nSPS) is 17.4. The lowest BCUT2D eigenvalue weighted by Gasteiger charge is -2.33. The van der Waals surface area contributed by atoms with Gasteiger partial charge in [0.25, 0.3) is 0 Å². The second-order valence-corrected chi connectivity index (χ2v) is 7.77. The monoisotopic (exact) mass is 378 g/mol. The van der Waals surface area contributed by atoms with E-state index in [1.807, 2.05) is 43.0 Å². The number of carbonyl (C=O) groups is 1. The Balaban J connectivity index is 1.59. The summed E-state index contributed by atoms with van der Waals surface area (Å²) in [6.07, 6.45) is 3.75. The molecule has 1 aromatic carbocycles. The number of imidazole rings is 1. The van der Waals surface area contributed by atoms with Crippen molar-refractivity contribution in [2.24, 2.45) is 0 Å². The van der Waals surface area contributed by atoms with Gasteiger partial charge in [-0.05, 0) is 44.4 Å². The summed E-state index contributed by atoms with van der Waals surface area (Å²) in [7, 11) is 0. The fourth-order valence-electron chi connectivity index (χ4n) is 4.16. The van der Waals surface area contributed by atoms with Gasteiger partial charge >= 0.3 is 5.69 Å². The van der Waals surface area contributed by atoms with Crippen molar-refractivity contribution in [2.75, 3.05) is 13.1 Å². The molecule has 1 fully saturated rings. The molecule has 0 N–H and O–H groups in total. The molecule has 6 nitrogen and oxygen atoms in total. The van der Waals surface area contributed by atoms with E-state index in [1.54, 1.807) is 21.4 Å². The quantitative estimate of drug-likeness (QED) is 0.701. The van der Waals surface area contributed by atoms with Gasteiger partial charge in [0.2, 0.25) is 5.91 Å². The zero-order valence-corrected chi connectivity index (χ0v) is 16.4. The maximum Gasteiger partial charge on any atom is 0.331 e. The fourth-order valence-corrected chi connectivity index (χ4v) is 4.16. The predicted molar refractivity (Wildman–Crippen MR) is 109 cm³/mol. The van der Waals surface area contributed by atoms with Gasteiger partial charge < -0.3 is 4.90 Å². The topological polar surface area (TPSA) is 60.1 Å². The molecule has 1 amide bonds. The van der Waals surface area contributed by atoms with Gasteiger partial charge in [0.15, 0.2) is 5.65 Å². The van der Waals surface area contributed by atoms with E-state index < -0.39 is 0 Å². The highest BCUT2D eigenvalue weighted by atomic mass is 16.2. The predicted octanol–water partition coefficient (Wildman–Crippen LogP) is 3.19. The highest BCUT2D eigenvalue weighted by Crippen LogP contribution is 2.27. The number of hydrogen-bond acceptors (Lipinski definition) is 3. The average Bonchev–Trinajstić information content (AvgIpc) is 3.00. The number of amides is 1. The Hall–Kier alpha value is -2.89. The summed E-state index contributed by atoms with van der Waals surface area (Å²) in [6.45, 7) is 5.42. The second-order valence-electron chi connectivity index (χ2n) is 7.77. The molecule has 28 heavy (non-hydrogen) atoms. The number of nitrogens with zero attached hydrogens (tertiary/aromatic N) is 4. The Morgan fingerprint density at radius 2 is 1.96 bits per heavy atom. The average molecular weight is 378 g/mol. The molecule has 1 aliphatic rings. The third kappa shape index (κ3) is 3.35. The Morgan fingerprint density at radius 1 is 1.18 bits per heavy atom. The van der Waals surface area contributed by atoms with Crippen LogP contribution in [0.25, 0.3) is 11.2 Å². The van der Waals surface area contributed by atoms with Crippen molar-refractivity contribution in [3.05, 3.63) is 64.7 Å². The molecule has 6 heteroatoms. The zero-order chi connectivity index (χ0) is 19.7. The molecule has 0 radical (unpaired) electrons. The van der Waals surface area contributed by atoms with E-state index in [2.05, 4.69) is 17.1 Å². The van der Waals surface area contributed by atoms with Gasteiger partial charge in [-0.2, -0.15) is 0 Å². The lowest BCUT2D eigenvalue weighted by atomic mass is 9.90. The highest BCUT2D eigenvalue weighted by molar-refractivity contribution is 5.79. The number of benzene rings is 1. The second kappa shape index (κ2) is 7.62. The van der Waals surface area contributed by atoms with Crippen molar-refractivity contribution in [1.29, 1.82) is 0 Å². The molecule has 0 bridgehead atoms. The Bertz CT molecular complexity index is 1040. The molecule has 1 aliphatic heterocycles. The number of pyridine rings is 1. The Morgan fingerprint density at radius 3 is 2.71 bits per heavy atom. The van der Waals surface area contributed by atoms with E-state index in [9.17, 15) is 9.59 Å². The molecular formula is C22H26N4O2. The molecule has 3 aromatic rings. The lowest BCUT2D eigenvalue weighted by molar-refractivity contribution is -0.133. The molecule has 1 saturated heterocycles. The summed E-state index contributed by atoms with van der Waals surface area (Å²) < 4.78 is 3.22. The van der Waals surface area contributed by atoms with E-state index in [1.165, 1.54) is 5.56 Å². The van der Waals surface area contributed by atoms with Crippen LogP contribution in [0.1, 0.15) is 44.2 Å². The highest BCUT2D eigenvalue weighted by Gasteiger charge is 2.26. The van der Waals surface area contributed by atoms with Crippen LogP contribution in [-0.4, -0.2) is 38.0 Å². The van der Waals surface area contributed by atoms with Gasteiger partial charge in [-0.3, -0.25) is 13.9 Å². The third-order valence-corrected chi connectivity index (χ3v) is 5.58. The number of rotatable bonds is 4. The first-order chi connectivity index (χ1) is 13.6. The SMILES string of the molecule is CC(C)n1c(=O)n(CC(=O)N2CCC[C@@H](c3ccccc3)C2)c2cccnc21. The van der Waals surface area contributed by atoms with Crippen LogP contribution in [0.2, 0.25) is 0 Å².